The highest BCUT2D eigenvalue weighted by atomic mass is 32.2. The van der Waals surface area contributed by atoms with Gasteiger partial charge in [-0.2, -0.15) is 0 Å². The standard InChI is InChI=1S/C32H34NSSi/c1-19(2)16-27-26-11-9-8-10-24(26)20(3)28-30-29-21(14-15-33(30)4)17-22-18-23(35(5,6)7)12-13-25(22)31(29)34-32(27)28/h8-15,17-19H,16H2,1-7H3/q+1. The number of rotatable bonds is 3. The minimum atomic E-state index is -1.39. The van der Waals surface area contributed by atoms with Gasteiger partial charge in [-0.3, -0.25) is 0 Å². The maximum Gasteiger partial charge on any atom is 0.222 e. The first kappa shape index (κ1) is 22.8. The third-order valence-corrected chi connectivity index (χ3v) is 11.0. The molecule has 0 saturated carbocycles. The first-order chi connectivity index (χ1) is 16.6. The van der Waals surface area contributed by atoms with Gasteiger partial charge in [0, 0.05) is 15.9 Å². The van der Waals surface area contributed by atoms with Gasteiger partial charge >= 0.3 is 0 Å². The Morgan fingerprint density at radius 1 is 0.857 bits per heavy atom. The first-order valence-electron chi connectivity index (χ1n) is 12.8. The van der Waals surface area contributed by atoms with Crippen molar-refractivity contribution in [2.24, 2.45) is 13.0 Å². The fourth-order valence-electron chi connectivity index (χ4n) is 5.85. The highest BCUT2D eigenvalue weighted by molar-refractivity contribution is 8.00. The lowest BCUT2D eigenvalue weighted by molar-refractivity contribution is -0.659. The normalized spacial score (nSPS) is 13.3. The number of hydrogen-bond donors (Lipinski definition) is 0. The number of aromatic nitrogens is 1. The number of fused-ring (bicyclic) bond motifs is 5. The number of aryl methyl sites for hydroxylation is 2. The minimum Gasteiger partial charge on any atom is -0.200 e. The van der Waals surface area contributed by atoms with E-state index in [2.05, 4.69) is 113 Å². The summed E-state index contributed by atoms with van der Waals surface area (Å²) in [5.74, 6) is 0.601. The van der Waals surface area contributed by atoms with E-state index in [9.17, 15) is 0 Å². The Morgan fingerprint density at radius 3 is 2.31 bits per heavy atom. The summed E-state index contributed by atoms with van der Waals surface area (Å²) in [5, 5.41) is 9.88. The molecule has 35 heavy (non-hydrogen) atoms. The molecule has 2 heterocycles. The van der Waals surface area contributed by atoms with Crippen molar-refractivity contribution in [3.63, 3.8) is 0 Å². The van der Waals surface area contributed by atoms with Gasteiger partial charge in [-0.15, -0.1) is 0 Å². The summed E-state index contributed by atoms with van der Waals surface area (Å²) in [6.45, 7) is 14.3. The van der Waals surface area contributed by atoms with Gasteiger partial charge in [0.15, 0.2) is 6.20 Å². The zero-order valence-electron chi connectivity index (χ0n) is 21.9. The van der Waals surface area contributed by atoms with Crippen LogP contribution in [0.2, 0.25) is 19.6 Å². The topological polar surface area (TPSA) is 3.88 Å². The Morgan fingerprint density at radius 2 is 1.60 bits per heavy atom. The van der Waals surface area contributed by atoms with Crippen molar-refractivity contribution in [3.8, 4) is 11.3 Å². The molecule has 0 aliphatic carbocycles. The summed E-state index contributed by atoms with van der Waals surface area (Å²) in [5.41, 5.74) is 5.72. The number of pyridine rings is 1. The van der Waals surface area contributed by atoms with E-state index in [1.807, 2.05) is 11.8 Å². The summed E-state index contributed by atoms with van der Waals surface area (Å²) in [7, 11) is 0.830. The van der Waals surface area contributed by atoms with E-state index >= 15 is 0 Å². The minimum absolute atomic E-state index is 0.601. The van der Waals surface area contributed by atoms with Crippen molar-refractivity contribution >= 4 is 57.3 Å². The van der Waals surface area contributed by atoms with Crippen LogP contribution >= 0.6 is 11.8 Å². The zero-order chi connectivity index (χ0) is 24.6. The van der Waals surface area contributed by atoms with Gasteiger partial charge in [0.05, 0.1) is 19.0 Å². The van der Waals surface area contributed by atoms with Gasteiger partial charge in [0.2, 0.25) is 5.69 Å². The van der Waals surface area contributed by atoms with Crippen LogP contribution in [0.3, 0.4) is 0 Å². The average molecular weight is 493 g/mol. The molecule has 1 aliphatic rings. The molecule has 0 N–H and O–H groups in total. The smallest absolute Gasteiger partial charge is 0.200 e. The molecule has 0 saturated heterocycles. The van der Waals surface area contributed by atoms with Gasteiger partial charge < -0.3 is 0 Å². The van der Waals surface area contributed by atoms with Crippen molar-refractivity contribution in [2.45, 2.75) is 56.6 Å². The molecule has 3 heteroatoms. The molecule has 1 aliphatic heterocycles. The summed E-state index contributed by atoms with van der Waals surface area (Å²) in [4.78, 5) is 2.89. The Kier molecular flexibility index (Phi) is 5.18. The van der Waals surface area contributed by atoms with E-state index in [0.29, 0.717) is 5.92 Å². The maximum atomic E-state index is 2.47. The molecule has 0 bridgehead atoms. The van der Waals surface area contributed by atoms with Crippen molar-refractivity contribution in [2.75, 3.05) is 0 Å². The summed E-state index contributed by atoms with van der Waals surface area (Å²) >= 11 is 2.02. The SMILES string of the molecule is Cc1c2c(c(CC(C)C)c3ccccc13)Sc1c3ccc([Si](C)(C)C)cc3cc3cc[n+](C)c-2c13. The van der Waals surface area contributed by atoms with Crippen LogP contribution in [0.5, 0.6) is 0 Å². The second-order valence-electron chi connectivity index (χ2n) is 11.7. The molecule has 1 nitrogen and oxygen atoms in total. The van der Waals surface area contributed by atoms with Crippen molar-refractivity contribution in [1.82, 2.24) is 0 Å². The average Bonchev–Trinajstić information content (AvgIpc) is 2.82. The molecule has 0 fully saturated rings. The van der Waals surface area contributed by atoms with E-state index in [4.69, 9.17) is 0 Å². The van der Waals surface area contributed by atoms with Gasteiger partial charge in [-0.25, -0.2) is 4.57 Å². The molecule has 4 aromatic carbocycles. The third kappa shape index (κ3) is 3.47. The predicted octanol–water partition coefficient (Wildman–Crippen LogP) is 8.15. The van der Waals surface area contributed by atoms with Crippen molar-refractivity contribution in [3.05, 3.63) is 71.9 Å². The Hall–Kier alpha value is -2.62. The monoisotopic (exact) mass is 492 g/mol. The number of nitrogens with zero attached hydrogens (tertiary/aromatic N) is 1. The second kappa shape index (κ2) is 7.94. The first-order valence-corrected chi connectivity index (χ1v) is 17.1. The van der Waals surface area contributed by atoms with Gasteiger partial charge in [0.25, 0.3) is 0 Å². The van der Waals surface area contributed by atoms with E-state index < -0.39 is 8.07 Å². The van der Waals surface area contributed by atoms with Crippen molar-refractivity contribution in [1.29, 1.82) is 0 Å². The number of hydrogen-bond acceptors (Lipinski definition) is 1. The lowest BCUT2D eigenvalue weighted by Crippen LogP contribution is -2.37. The van der Waals surface area contributed by atoms with Gasteiger partial charge in [-0.05, 0) is 63.4 Å². The molecule has 0 unspecified atom stereocenters. The molecule has 0 spiro atoms. The molecule has 1 aromatic heterocycles. The molecular weight excluding hydrogens is 459 g/mol. The van der Waals surface area contributed by atoms with Gasteiger partial charge in [-0.1, -0.05) is 92.9 Å². The summed E-state index contributed by atoms with van der Waals surface area (Å²) in [6.07, 6.45) is 3.35. The molecule has 0 atom stereocenters. The van der Waals surface area contributed by atoms with E-state index in [1.165, 1.54) is 69.7 Å². The van der Waals surface area contributed by atoms with Crippen molar-refractivity contribution < 1.29 is 4.57 Å². The Labute approximate surface area is 214 Å². The van der Waals surface area contributed by atoms with Crippen LogP contribution in [0.15, 0.2) is 70.6 Å². The highest BCUT2D eigenvalue weighted by Crippen LogP contribution is 2.53. The lowest BCUT2D eigenvalue weighted by Gasteiger charge is -2.26. The van der Waals surface area contributed by atoms with Crippen LogP contribution in [0.4, 0.5) is 0 Å². The third-order valence-electron chi connectivity index (χ3n) is 7.64. The summed E-state index contributed by atoms with van der Waals surface area (Å²) < 4.78 is 2.35. The van der Waals surface area contributed by atoms with Gasteiger partial charge in [0.1, 0.15) is 7.05 Å². The second-order valence-corrected chi connectivity index (χ2v) is 17.8. The maximum absolute atomic E-state index is 2.47. The van der Waals surface area contributed by atoms with Crippen LogP contribution in [0.1, 0.15) is 25.0 Å². The molecule has 0 amide bonds. The van der Waals surface area contributed by atoms with Crippen LogP contribution in [-0.4, -0.2) is 8.07 Å². The molecule has 5 aromatic rings. The molecule has 6 rings (SSSR count). The van der Waals surface area contributed by atoms with E-state index in [0.717, 1.165) is 6.42 Å². The van der Waals surface area contributed by atoms with Crippen LogP contribution in [0, 0.1) is 12.8 Å². The zero-order valence-corrected chi connectivity index (χ0v) is 23.7. The van der Waals surface area contributed by atoms with Crippen LogP contribution < -0.4 is 9.75 Å². The fourth-order valence-corrected chi connectivity index (χ4v) is 8.51. The number of benzene rings is 4. The molecule has 0 radical (unpaired) electrons. The van der Waals surface area contributed by atoms with E-state index in [-0.39, 0.29) is 0 Å². The Balaban J connectivity index is 1.78. The molecular formula is C32H34NSSi+. The largest absolute Gasteiger partial charge is 0.222 e. The summed E-state index contributed by atoms with van der Waals surface area (Å²) in [6, 6.07) is 21.0. The lowest BCUT2D eigenvalue weighted by atomic mass is 9.88. The fraction of sp³-hybridized carbons (Fsp3) is 0.281. The molecule has 176 valence electrons. The quantitative estimate of drug-likeness (QED) is 0.137. The Bertz CT molecular complexity index is 1670. The predicted molar refractivity (Wildman–Crippen MR) is 156 cm³/mol. The van der Waals surface area contributed by atoms with E-state index in [1.54, 1.807) is 0 Å². The highest BCUT2D eigenvalue weighted by Gasteiger charge is 2.33. The van der Waals surface area contributed by atoms with Crippen LogP contribution in [0.25, 0.3) is 43.6 Å². The van der Waals surface area contributed by atoms with Crippen LogP contribution in [-0.2, 0) is 13.5 Å².